The highest BCUT2D eigenvalue weighted by Gasteiger charge is 2.07. The van der Waals surface area contributed by atoms with Crippen LogP contribution in [0.25, 0.3) is 0 Å². The first-order valence-electron chi connectivity index (χ1n) is 5.84. The maximum Gasteiger partial charge on any atom is 0.308 e. The monoisotopic (exact) mass is 258 g/mol. The Bertz CT molecular complexity index is 620. The van der Waals surface area contributed by atoms with Crippen molar-refractivity contribution in [1.82, 2.24) is 4.98 Å². The molecule has 0 saturated heterocycles. The van der Waals surface area contributed by atoms with Crippen LogP contribution in [0, 0.1) is 0 Å². The van der Waals surface area contributed by atoms with Crippen LogP contribution in [0.3, 0.4) is 0 Å². The Kier molecular flexibility index (Phi) is 3.97. The molecule has 0 aliphatic rings. The number of aromatic nitrogens is 1. The molecule has 1 aromatic carbocycles. The number of hydrogen-bond donors (Lipinski definition) is 2. The molecule has 2 aromatic rings. The number of esters is 1. The zero-order valence-electron chi connectivity index (χ0n) is 10.5. The molecular formula is C14H14N2O3. The van der Waals surface area contributed by atoms with Crippen LogP contribution in [-0.2, 0) is 11.3 Å². The van der Waals surface area contributed by atoms with E-state index in [9.17, 15) is 9.59 Å². The lowest BCUT2D eigenvalue weighted by Gasteiger charge is -2.10. The largest absolute Gasteiger partial charge is 0.423 e. The van der Waals surface area contributed by atoms with Crippen molar-refractivity contribution in [2.45, 2.75) is 13.5 Å². The molecule has 0 fully saturated rings. The highest BCUT2D eigenvalue weighted by molar-refractivity contribution is 5.72. The third-order valence-electron chi connectivity index (χ3n) is 2.47. The van der Waals surface area contributed by atoms with Gasteiger partial charge in [0.2, 0.25) is 5.56 Å². The van der Waals surface area contributed by atoms with E-state index in [0.29, 0.717) is 18.0 Å². The lowest BCUT2D eigenvalue weighted by molar-refractivity contribution is -0.131. The van der Waals surface area contributed by atoms with Gasteiger partial charge >= 0.3 is 5.97 Å². The third-order valence-corrected chi connectivity index (χ3v) is 2.47. The zero-order valence-corrected chi connectivity index (χ0v) is 10.5. The number of nitrogens with one attached hydrogen (secondary N) is 2. The second kappa shape index (κ2) is 5.86. The van der Waals surface area contributed by atoms with Crippen LogP contribution in [0.5, 0.6) is 5.75 Å². The van der Waals surface area contributed by atoms with Gasteiger partial charge in [-0.1, -0.05) is 30.3 Å². The van der Waals surface area contributed by atoms with Crippen molar-refractivity contribution in [3.8, 4) is 5.75 Å². The smallest absolute Gasteiger partial charge is 0.308 e. The Morgan fingerprint density at radius 2 is 2.05 bits per heavy atom. The Morgan fingerprint density at radius 1 is 1.32 bits per heavy atom. The predicted octanol–water partition coefficient (Wildman–Crippen LogP) is 1.91. The minimum Gasteiger partial charge on any atom is -0.423 e. The maximum atomic E-state index is 11.3. The van der Waals surface area contributed by atoms with Gasteiger partial charge in [-0.3, -0.25) is 9.59 Å². The summed E-state index contributed by atoms with van der Waals surface area (Å²) in [6, 6.07) is 11.1. The number of carbonyl (C=O) groups is 1. The third kappa shape index (κ3) is 3.70. The first kappa shape index (κ1) is 12.9. The summed E-state index contributed by atoms with van der Waals surface area (Å²) in [7, 11) is 0. The van der Waals surface area contributed by atoms with Crippen LogP contribution in [0.2, 0.25) is 0 Å². The molecule has 5 heteroatoms. The molecule has 0 unspecified atom stereocenters. The van der Waals surface area contributed by atoms with Gasteiger partial charge in [0, 0.05) is 25.7 Å². The van der Waals surface area contributed by atoms with Gasteiger partial charge in [-0.05, 0) is 5.56 Å². The standard InChI is InChI=1S/C14H14N2O3/c1-10(17)19-13-9-16-14(18)7-12(13)15-8-11-5-3-2-4-6-11/h2-7,9H,8H2,1H3,(H2,15,16,18). The van der Waals surface area contributed by atoms with E-state index in [0.717, 1.165) is 5.56 Å². The van der Waals surface area contributed by atoms with Crippen LogP contribution in [0.4, 0.5) is 5.69 Å². The maximum absolute atomic E-state index is 11.3. The lowest BCUT2D eigenvalue weighted by atomic mass is 10.2. The van der Waals surface area contributed by atoms with Crippen molar-refractivity contribution < 1.29 is 9.53 Å². The number of anilines is 1. The number of carbonyl (C=O) groups excluding carboxylic acids is 1. The van der Waals surface area contributed by atoms with Gasteiger partial charge in [-0.2, -0.15) is 0 Å². The summed E-state index contributed by atoms with van der Waals surface area (Å²) in [6.45, 7) is 1.85. The molecule has 0 aliphatic carbocycles. The molecule has 2 N–H and O–H groups in total. The van der Waals surface area contributed by atoms with Gasteiger partial charge in [0.05, 0.1) is 5.69 Å². The van der Waals surface area contributed by atoms with Gasteiger partial charge < -0.3 is 15.0 Å². The number of hydrogen-bond acceptors (Lipinski definition) is 4. The first-order chi connectivity index (χ1) is 9.15. The quantitative estimate of drug-likeness (QED) is 0.822. The number of benzene rings is 1. The Labute approximate surface area is 110 Å². The molecule has 0 atom stereocenters. The number of aromatic amines is 1. The molecule has 0 saturated carbocycles. The average molecular weight is 258 g/mol. The summed E-state index contributed by atoms with van der Waals surface area (Å²) in [4.78, 5) is 24.8. The molecule has 1 aromatic heterocycles. The molecule has 0 aliphatic heterocycles. The fraction of sp³-hybridized carbons (Fsp3) is 0.143. The average Bonchev–Trinajstić information content (AvgIpc) is 2.40. The Hall–Kier alpha value is -2.56. The SMILES string of the molecule is CC(=O)Oc1c[nH]c(=O)cc1NCc1ccccc1. The van der Waals surface area contributed by atoms with Crippen molar-refractivity contribution in [3.05, 3.63) is 58.5 Å². The van der Waals surface area contributed by atoms with Gasteiger partial charge in [-0.15, -0.1) is 0 Å². The minimum atomic E-state index is -0.435. The molecular weight excluding hydrogens is 244 g/mol. The van der Waals surface area contributed by atoms with E-state index in [-0.39, 0.29) is 5.56 Å². The fourth-order valence-electron chi connectivity index (χ4n) is 1.63. The normalized spacial score (nSPS) is 9.95. The highest BCUT2D eigenvalue weighted by atomic mass is 16.5. The molecule has 98 valence electrons. The van der Waals surface area contributed by atoms with Crippen molar-refractivity contribution in [2.75, 3.05) is 5.32 Å². The van der Waals surface area contributed by atoms with Crippen LogP contribution < -0.4 is 15.6 Å². The van der Waals surface area contributed by atoms with E-state index < -0.39 is 5.97 Å². The Balaban J connectivity index is 2.16. The molecule has 0 bridgehead atoms. The summed E-state index contributed by atoms with van der Waals surface area (Å²) >= 11 is 0. The van der Waals surface area contributed by atoms with E-state index in [1.165, 1.54) is 19.2 Å². The summed E-state index contributed by atoms with van der Waals surface area (Å²) in [5.74, 6) is -0.127. The van der Waals surface area contributed by atoms with Gasteiger partial charge in [0.15, 0.2) is 5.75 Å². The van der Waals surface area contributed by atoms with Gasteiger partial charge in [0.25, 0.3) is 0 Å². The van der Waals surface area contributed by atoms with Crippen molar-refractivity contribution in [1.29, 1.82) is 0 Å². The number of rotatable bonds is 4. The van der Waals surface area contributed by atoms with E-state index in [1.807, 2.05) is 30.3 Å². The van der Waals surface area contributed by atoms with Crippen LogP contribution >= 0.6 is 0 Å². The molecule has 0 spiro atoms. The molecule has 5 nitrogen and oxygen atoms in total. The second-order valence-corrected chi connectivity index (χ2v) is 4.01. The highest BCUT2D eigenvalue weighted by Crippen LogP contribution is 2.21. The number of pyridine rings is 1. The topological polar surface area (TPSA) is 71.2 Å². The summed E-state index contributed by atoms with van der Waals surface area (Å²) in [5, 5.41) is 3.08. The van der Waals surface area contributed by atoms with E-state index >= 15 is 0 Å². The van der Waals surface area contributed by atoms with Crippen LogP contribution in [0.1, 0.15) is 12.5 Å². The van der Waals surface area contributed by atoms with Crippen molar-refractivity contribution >= 4 is 11.7 Å². The molecule has 2 rings (SSSR count). The summed E-state index contributed by atoms with van der Waals surface area (Å²) in [5.41, 5.74) is 1.30. The van der Waals surface area contributed by atoms with Crippen molar-refractivity contribution in [3.63, 3.8) is 0 Å². The molecule has 0 radical (unpaired) electrons. The molecule has 19 heavy (non-hydrogen) atoms. The minimum absolute atomic E-state index is 0.258. The predicted molar refractivity (Wildman–Crippen MR) is 72.1 cm³/mol. The number of H-pyrrole nitrogens is 1. The van der Waals surface area contributed by atoms with E-state index in [4.69, 9.17) is 4.74 Å². The number of ether oxygens (including phenoxy) is 1. The van der Waals surface area contributed by atoms with E-state index in [1.54, 1.807) is 0 Å². The zero-order chi connectivity index (χ0) is 13.7. The van der Waals surface area contributed by atoms with Crippen LogP contribution in [0.15, 0.2) is 47.4 Å². The second-order valence-electron chi connectivity index (χ2n) is 4.01. The van der Waals surface area contributed by atoms with Gasteiger partial charge in [0.1, 0.15) is 0 Å². The molecule has 0 amide bonds. The molecule has 1 heterocycles. The Morgan fingerprint density at radius 3 is 2.74 bits per heavy atom. The summed E-state index contributed by atoms with van der Waals surface area (Å²) < 4.78 is 5.02. The van der Waals surface area contributed by atoms with Gasteiger partial charge in [-0.25, -0.2) is 0 Å². The lowest BCUT2D eigenvalue weighted by Crippen LogP contribution is -2.11. The van der Waals surface area contributed by atoms with E-state index in [2.05, 4.69) is 10.3 Å². The van der Waals surface area contributed by atoms with Crippen LogP contribution in [-0.4, -0.2) is 11.0 Å². The summed E-state index contributed by atoms with van der Waals surface area (Å²) in [6.07, 6.45) is 1.37. The first-order valence-corrected chi connectivity index (χ1v) is 5.84. The fourth-order valence-corrected chi connectivity index (χ4v) is 1.63. The van der Waals surface area contributed by atoms with Crippen molar-refractivity contribution in [2.24, 2.45) is 0 Å².